The number of thiol groups is 1. The molecule has 0 spiro atoms. The largest absolute Gasteiger partial charge is 0.500 e. The van der Waals surface area contributed by atoms with Crippen molar-refractivity contribution in [1.29, 1.82) is 0 Å². The molecule has 27 heavy (non-hydrogen) atoms. The van der Waals surface area contributed by atoms with Gasteiger partial charge >= 0.3 is 8.80 Å². The van der Waals surface area contributed by atoms with Gasteiger partial charge in [-0.3, -0.25) is 0 Å². The van der Waals surface area contributed by atoms with Crippen molar-refractivity contribution in [3.8, 4) is 0 Å². The molecular formula is C22H48O3SSi. The van der Waals surface area contributed by atoms with Gasteiger partial charge in [-0.05, 0) is 18.6 Å². The second-order valence-electron chi connectivity index (χ2n) is 7.78. The summed E-state index contributed by atoms with van der Waals surface area (Å²) in [5, 5.41) is 0. The first kappa shape index (κ1) is 27.4. The van der Waals surface area contributed by atoms with Crippen molar-refractivity contribution >= 4 is 21.4 Å². The predicted molar refractivity (Wildman–Crippen MR) is 124 cm³/mol. The number of hydrogen-bond acceptors (Lipinski definition) is 4. The molecule has 0 bridgehead atoms. The molecule has 0 fully saturated rings. The van der Waals surface area contributed by atoms with Gasteiger partial charge in [0.05, 0.1) is 0 Å². The Morgan fingerprint density at radius 1 is 0.444 bits per heavy atom. The molecule has 0 saturated carbocycles. The summed E-state index contributed by atoms with van der Waals surface area (Å²) >= 11 is 4.26. The smallest absolute Gasteiger partial charge is 0.377 e. The summed E-state index contributed by atoms with van der Waals surface area (Å²) < 4.78 is 16.4. The van der Waals surface area contributed by atoms with E-state index in [1.54, 1.807) is 21.3 Å². The lowest BCUT2D eigenvalue weighted by molar-refractivity contribution is 0.122. The van der Waals surface area contributed by atoms with Gasteiger partial charge < -0.3 is 13.3 Å². The van der Waals surface area contributed by atoms with Crippen molar-refractivity contribution in [1.82, 2.24) is 0 Å². The topological polar surface area (TPSA) is 27.7 Å². The molecule has 3 nitrogen and oxygen atoms in total. The van der Waals surface area contributed by atoms with Crippen molar-refractivity contribution < 1.29 is 13.3 Å². The van der Waals surface area contributed by atoms with E-state index in [4.69, 9.17) is 13.3 Å². The van der Waals surface area contributed by atoms with Gasteiger partial charge in [0.25, 0.3) is 0 Å². The Kier molecular flexibility index (Phi) is 21.5. The van der Waals surface area contributed by atoms with E-state index in [9.17, 15) is 0 Å². The second kappa shape index (κ2) is 21.2. The van der Waals surface area contributed by atoms with Crippen LogP contribution < -0.4 is 0 Å². The van der Waals surface area contributed by atoms with E-state index in [-0.39, 0.29) is 0 Å². The van der Waals surface area contributed by atoms with E-state index in [2.05, 4.69) is 12.6 Å². The van der Waals surface area contributed by atoms with E-state index in [0.717, 1.165) is 18.2 Å². The molecule has 0 aliphatic heterocycles. The highest BCUT2D eigenvalue weighted by Gasteiger charge is 2.36. The summed E-state index contributed by atoms with van der Waals surface area (Å²) in [4.78, 5) is 0. The van der Waals surface area contributed by atoms with E-state index in [0.29, 0.717) is 0 Å². The quantitative estimate of drug-likeness (QED) is 0.112. The molecule has 0 aromatic rings. The maximum Gasteiger partial charge on any atom is 0.500 e. The first-order chi connectivity index (χ1) is 13.2. The van der Waals surface area contributed by atoms with Gasteiger partial charge in [-0.25, -0.2) is 0 Å². The van der Waals surface area contributed by atoms with Gasteiger partial charge in [-0.1, -0.05) is 96.3 Å². The van der Waals surface area contributed by atoms with Gasteiger partial charge in [0.15, 0.2) is 0 Å². The molecule has 0 amide bonds. The minimum Gasteiger partial charge on any atom is -0.377 e. The van der Waals surface area contributed by atoms with Crippen molar-refractivity contribution in [2.24, 2.45) is 0 Å². The summed E-state index contributed by atoms with van der Waals surface area (Å²) in [6.45, 7) is 0. The first-order valence-corrected chi connectivity index (χ1v) is 14.1. The first-order valence-electron chi connectivity index (χ1n) is 11.5. The van der Waals surface area contributed by atoms with Crippen LogP contribution in [0.4, 0.5) is 0 Å². The van der Waals surface area contributed by atoms with Crippen molar-refractivity contribution in [3.63, 3.8) is 0 Å². The van der Waals surface area contributed by atoms with Crippen LogP contribution in [0.25, 0.3) is 0 Å². The van der Waals surface area contributed by atoms with Gasteiger partial charge in [0.1, 0.15) is 0 Å². The van der Waals surface area contributed by atoms with Crippen molar-refractivity contribution in [2.75, 3.05) is 27.1 Å². The summed E-state index contributed by atoms with van der Waals surface area (Å²) in [7, 11) is 2.77. The van der Waals surface area contributed by atoms with Crippen LogP contribution in [0.15, 0.2) is 0 Å². The van der Waals surface area contributed by atoms with E-state index in [1.165, 1.54) is 103 Å². The predicted octanol–water partition coefficient (Wildman–Crippen LogP) is 7.43. The molecule has 0 aromatic heterocycles. The standard InChI is InChI=1S/C22H48O3SSi/c1-23-27(24-2,25-3)22-20-18-16-14-12-10-8-6-4-5-7-9-11-13-15-17-19-21-26/h26H,4-22H2,1-3H3. The zero-order valence-corrected chi connectivity index (χ0v) is 20.5. The van der Waals surface area contributed by atoms with E-state index >= 15 is 0 Å². The molecule has 0 unspecified atom stereocenters. The third-order valence-corrected chi connectivity index (χ3v) is 8.72. The summed E-state index contributed by atoms with van der Waals surface area (Å²) in [5.74, 6) is 1.05. The lowest BCUT2D eigenvalue weighted by Crippen LogP contribution is -2.42. The zero-order chi connectivity index (χ0) is 20.1. The average Bonchev–Trinajstić information content (AvgIpc) is 2.70. The lowest BCUT2D eigenvalue weighted by Gasteiger charge is -2.24. The molecule has 0 aliphatic carbocycles. The van der Waals surface area contributed by atoms with Crippen LogP contribution in [0.2, 0.25) is 6.04 Å². The normalized spacial score (nSPS) is 12.0. The van der Waals surface area contributed by atoms with Gasteiger partial charge in [-0.15, -0.1) is 0 Å². The molecule has 0 radical (unpaired) electrons. The second-order valence-corrected chi connectivity index (χ2v) is 11.3. The minimum atomic E-state index is -2.33. The van der Waals surface area contributed by atoms with Crippen LogP contribution in [-0.4, -0.2) is 35.9 Å². The molecule has 0 heterocycles. The maximum atomic E-state index is 5.46. The van der Waals surface area contributed by atoms with E-state index < -0.39 is 8.80 Å². The highest BCUT2D eigenvalue weighted by molar-refractivity contribution is 7.80. The van der Waals surface area contributed by atoms with Crippen LogP contribution in [0.3, 0.4) is 0 Å². The number of rotatable bonds is 22. The summed E-state index contributed by atoms with van der Waals surface area (Å²) in [5.41, 5.74) is 0. The summed E-state index contributed by atoms with van der Waals surface area (Å²) in [6, 6.07) is 0.937. The fraction of sp³-hybridized carbons (Fsp3) is 1.00. The highest BCUT2D eigenvalue weighted by Crippen LogP contribution is 2.19. The Bertz CT molecular complexity index is 280. The lowest BCUT2D eigenvalue weighted by atomic mass is 10.0. The third kappa shape index (κ3) is 17.1. The molecular weight excluding hydrogens is 372 g/mol. The monoisotopic (exact) mass is 420 g/mol. The Morgan fingerprint density at radius 2 is 0.704 bits per heavy atom. The Morgan fingerprint density at radius 3 is 0.963 bits per heavy atom. The fourth-order valence-electron chi connectivity index (χ4n) is 3.66. The Hall–Kier alpha value is 0.447. The van der Waals surface area contributed by atoms with Gasteiger partial charge in [-0.2, -0.15) is 12.6 Å². The zero-order valence-electron chi connectivity index (χ0n) is 18.6. The average molecular weight is 421 g/mol. The van der Waals surface area contributed by atoms with Crippen LogP contribution >= 0.6 is 12.6 Å². The van der Waals surface area contributed by atoms with Gasteiger partial charge in [0, 0.05) is 27.4 Å². The maximum absolute atomic E-state index is 5.46. The van der Waals surface area contributed by atoms with Crippen LogP contribution in [0.1, 0.15) is 109 Å². The van der Waals surface area contributed by atoms with E-state index in [1.807, 2.05) is 0 Å². The summed E-state index contributed by atoms with van der Waals surface area (Å²) in [6.07, 6.45) is 23.5. The molecule has 0 rings (SSSR count). The number of unbranched alkanes of at least 4 members (excludes halogenated alkanes) is 16. The van der Waals surface area contributed by atoms with Crippen molar-refractivity contribution in [3.05, 3.63) is 0 Å². The Balaban J connectivity index is 3.19. The van der Waals surface area contributed by atoms with Crippen LogP contribution in [0, 0.1) is 0 Å². The SMILES string of the molecule is CO[Si](CCCCCCCCCCCCCCCCCCCS)(OC)OC. The number of hydrogen-bond donors (Lipinski definition) is 1. The highest BCUT2D eigenvalue weighted by atomic mass is 32.1. The molecule has 0 N–H and O–H groups in total. The molecule has 164 valence electrons. The molecule has 0 atom stereocenters. The minimum absolute atomic E-state index is 0.937. The fourth-order valence-corrected chi connectivity index (χ4v) is 5.68. The van der Waals surface area contributed by atoms with Crippen LogP contribution in [-0.2, 0) is 13.3 Å². The van der Waals surface area contributed by atoms with Crippen molar-refractivity contribution in [2.45, 2.75) is 115 Å². The third-order valence-electron chi connectivity index (χ3n) is 5.57. The molecule has 0 saturated heterocycles. The van der Waals surface area contributed by atoms with Crippen LogP contribution in [0.5, 0.6) is 0 Å². The molecule has 0 aliphatic rings. The molecule has 5 heteroatoms. The van der Waals surface area contributed by atoms with Gasteiger partial charge in [0.2, 0.25) is 0 Å². The Labute approximate surface area is 177 Å². The molecule has 0 aromatic carbocycles.